The van der Waals surface area contributed by atoms with Crippen LogP contribution in [0.25, 0.3) is 22.5 Å². The van der Waals surface area contributed by atoms with Crippen LogP contribution in [0.1, 0.15) is 64.7 Å². The van der Waals surface area contributed by atoms with Gasteiger partial charge in [-0.25, -0.2) is 15.0 Å². The number of rotatable bonds is 4. The summed E-state index contributed by atoms with van der Waals surface area (Å²) in [5.74, 6) is 0.608. The van der Waals surface area contributed by atoms with Crippen LogP contribution in [0.3, 0.4) is 0 Å². The average molecular weight is 538 g/mol. The van der Waals surface area contributed by atoms with E-state index in [1.165, 1.54) is 36.3 Å². The zero-order valence-electron chi connectivity index (χ0n) is 23.3. The van der Waals surface area contributed by atoms with Crippen LogP contribution in [-0.4, -0.2) is 26.2 Å². The summed E-state index contributed by atoms with van der Waals surface area (Å²) in [5, 5.41) is 5.99. The Morgan fingerprint density at radius 1 is 0.846 bits per heavy atom. The summed E-state index contributed by atoms with van der Waals surface area (Å²) in [6.45, 7) is 13.9. The molecule has 6 nitrogen and oxygen atoms in total. The monoisotopic (exact) mass is 537 g/mol. The molecule has 0 bridgehead atoms. The molecule has 0 atom stereocenters. The fraction of sp³-hybridized carbons (Fsp3) is 0.333. The minimum atomic E-state index is -4.54. The van der Waals surface area contributed by atoms with Crippen LogP contribution in [0.15, 0.2) is 77.2 Å². The lowest BCUT2D eigenvalue weighted by molar-refractivity contribution is -0.137. The van der Waals surface area contributed by atoms with E-state index >= 15 is 0 Å². The van der Waals surface area contributed by atoms with Crippen molar-refractivity contribution in [2.75, 3.05) is 5.01 Å². The second-order valence-corrected chi connectivity index (χ2v) is 9.34. The molecule has 5 rings (SSSR count). The zero-order chi connectivity index (χ0) is 28.8. The number of benzene rings is 2. The maximum Gasteiger partial charge on any atom is 0.418 e. The third-order valence-corrected chi connectivity index (χ3v) is 5.80. The number of anilines is 1. The van der Waals surface area contributed by atoms with Crippen LogP contribution in [0.5, 0.6) is 0 Å². The molecule has 2 aromatic carbocycles. The van der Waals surface area contributed by atoms with Gasteiger partial charge in [0.25, 0.3) is 0 Å². The molecule has 1 aliphatic heterocycles. The van der Waals surface area contributed by atoms with Crippen molar-refractivity contribution in [3.8, 4) is 22.5 Å². The molecule has 0 N–H and O–H groups in total. The van der Waals surface area contributed by atoms with Gasteiger partial charge in [-0.3, -0.25) is 5.01 Å². The van der Waals surface area contributed by atoms with Crippen LogP contribution in [0, 0.1) is 6.92 Å². The maximum atomic E-state index is 13.9. The minimum Gasteiger partial charge on any atom is -0.444 e. The highest BCUT2D eigenvalue weighted by atomic mass is 19.4. The van der Waals surface area contributed by atoms with Crippen molar-refractivity contribution < 1.29 is 17.6 Å². The van der Waals surface area contributed by atoms with E-state index in [4.69, 9.17) is 4.42 Å². The molecule has 2 aromatic heterocycles. The van der Waals surface area contributed by atoms with Gasteiger partial charge in [-0.2, -0.15) is 18.3 Å². The standard InChI is InChI=1S/C25H20F3N5O.C3H8.C2H6/c1-15-6-17(22-12-31-14-34-22)8-18(7-15)23-24(2,3)33(32-23)21-9-16(19-10-29-13-30-11-19)4-5-20(21)25(26,27)28;1-3-2;1-2/h4-14H,1-3H3;3H2,1-2H3;1-2H3. The van der Waals surface area contributed by atoms with Crippen molar-refractivity contribution in [2.45, 2.75) is 66.6 Å². The van der Waals surface area contributed by atoms with Gasteiger partial charge in [-0.15, -0.1) is 0 Å². The molecule has 0 saturated heterocycles. The van der Waals surface area contributed by atoms with Crippen molar-refractivity contribution in [3.63, 3.8) is 0 Å². The van der Waals surface area contributed by atoms with E-state index in [1.807, 2.05) is 52.8 Å². The summed E-state index contributed by atoms with van der Waals surface area (Å²) in [4.78, 5) is 11.9. The van der Waals surface area contributed by atoms with Crippen molar-refractivity contribution >= 4 is 11.4 Å². The number of alkyl halides is 3. The van der Waals surface area contributed by atoms with E-state index in [0.717, 1.165) is 22.8 Å². The number of aryl methyl sites for hydroxylation is 1. The Bertz CT molecular complexity index is 1400. The molecule has 9 heteroatoms. The van der Waals surface area contributed by atoms with Gasteiger partial charge in [-0.05, 0) is 56.2 Å². The van der Waals surface area contributed by atoms with E-state index in [1.54, 1.807) is 18.6 Å². The van der Waals surface area contributed by atoms with Gasteiger partial charge in [0.1, 0.15) is 11.9 Å². The highest BCUT2D eigenvalue weighted by Gasteiger charge is 2.46. The number of hydrogen-bond acceptors (Lipinski definition) is 6. The molecule has 0 fully saturated rings. The van der Waals surface area contributed by atoms with Crippen LogP contribution in [0.4, 0.5) is 18.9 Å². The normalized spacial score (nSPS) is 13.8. The number of halogens is 3. The van der Waals surface area contributed by atoms with Crippen molar-refractivity contribution in [3.05, 3.63) is 84.4 Å². The molecule has 0 radical (unpaired) electrons. The topological polar surface area (TPSA) is 67.4 Å². The molecule has 1 aliphatic rings. The minimum absolute atomic E-state index is 0.0225. The highest BCUT2D eigenvalue weighted by molar-refractivity contribution is 6.14. The lowest BCUT2D eigenvalue weighted by Gasteiger charge is -2.47. The van der Waals surface area contributed by atoms with Gasteiger partial charge in [0.05, 0.1) is 23.2 Å². The SMILES string of the molecule is CC.CCC.Cc1cc(C2=NN(c3cc(-c4cncnc4)ccc3C(F)(F)F)C2(C)C)cc(-c2cnco2)c1. The van der Waals surface area contributed by atoms with E-state index in [0.29, 0.717) is 22.6 Å². The first kappa shape index (κ1) is 29.5. The number of aromatic nitrogens is 3. The van der Waals surface area contributed by atoms with Crippen molar-refractivity contribution in [2.24, 2.45) is 5.10 Å². The van der Waals surface area contributed by atoms with Crippen LogP contribution < -0.4 is 5.01 Å². The Labute approximate surface area is 227 Å². The second-order valence-electron chi connectivity index (χ2n) is 9.34. The third-order valence-electron chi connectivity index (χ3n) is 5.80. The zero-order valence-corrected chi connectivity index (χ0v) is 23.3. The van der Waals surface area contributed by atoms with Crippen LogP contribution >= 0.6 is 0 Å². The van der Waals surface area contributed by atoms with Gasteiger partial charge in [0.2, 0.25) is 0 Å². The van der Waals surface area contributed by atoms with Crippen molar-refractivity contribution in [1.29, 1.82) is 0 Å². The van der Waals surface area contributed by atoms with E-state index < -0.39 is 17.3 Å². The van der Waals surface area contributed by atoms with Crippen LogP contribution in [0.2, 0.25) is 0 Å². The summed E-state index contributed by atoms with van der Waals surface area (Å²) in [7, 11) is 0. The molecular formula is C30H34F3N5O. The molecule has 0 spiro atoms. The van der Waals surface area contributed by atoms with Gasteiger partial charge >= 0.3 is 6.18 Å². The van der Waals surface area contributed by atoms with Gasteiger partial charge in [-0.1, -0.05) is 46.2 Å². The molecule has 0 saturated carbocycles. The molecule has 4 aromatic rings. The molecule has 0 aliphatic carbocycles. The van der Waals surface area contributed by atoms with Gasteiger partial charge < -0.3 is 4.42 Å². The summed E-state index contributed by atoms with van der Waals surface area (Å²) in [5.41, 5.74) is 2.92. The number of nitrogens with zero attached hydrogens (tertiary/aromatic N) is 5. The largest absolute Gasteiger partial charge is 0.444 e. The molecule has 0 unspecified atom stereocenters. The second kappa shape index (κ2) is 12.2. The average Bonchev–Trinajstić information content (AvgIpc) is 3.45. The Morgan fingerprint density at radius 2 is 1.49 bits per heavy atom. The lowest BCUT2D eigenvalue weighted by Crippen LogP contribution is -2.57. The number of oxazole rings is 1. The molecule has 0 amide bonds. The Balaban J connectivity index is 0.000000787. The Hall–Kier alpha value is -4.01. The smallest absolute Gasteiger partial charge is 0.418 e. The van der Waals surface area contributed by atoms with E-state index in [9.17, 15) is 13.2 Å². The first-order chi connectivity index (χ1) is 18.6. The fourth-order valence-corrected chi connectivity index (χ4v) is 4.16. The third kappa shape index (κ3) is 6.35. The molecule has 39 heavy (non-hydrogen) atoms. The molecule has 3 heterocycles. The predicted molar refractivity (Wildman–Crippen MR) is 150 cm³/mol. The Kier molecular flexibility index (Phi) is 9.27. The lowest BCUT2D eigenvalue weighted by atomic mass is 9.85. The predicted octanol–water partition coefficient (Wildman–Crippen LogP) is 8.57. The number of hydrogen-bond donors (Lipinski definition) is 0. The molecule has 206 valence electrons. The van der Waals surface area contributed by atoms with Crippen LogP contribution in [-0.2, 0) is 6.18 Å². The first-order valence-electron chi connectivity index (χ1n) is 12.9. The van der Waals surface area contributed by atoms with Crippen molar-refractivity contribution in [1.82, 2.24) is 15.0 Å². The number of hydrazone groups is 1. The van der Waals surface area contributed by atoms with E-state index in [-0.39, 0.29) is 5.69 Å². The van der Waals surface area contributed by atoms with Gasteiger partial charge in [0, 0.05) is 29.1 Å². The quantitative estimate of drug-likeness (QED) is 0.261. The van der Waals surface area contributed by atoms with E-state index in [2.05, 4.69) is 33.9 Å². The summed E-state index contributed by atoms with van der Waals surface area (Å²) >= 11 is 0. The maximum absolute atomic E-state index is 13.9. The van der Waals surface area contributed by atoms with Gasteiger partial charge in [0.15, 0.2) is 12.2 Å². The summed E-state index contributed by atoms with van der Waals surface area (Å²) < 4.78 is 47.2. The molecular weight excluding hydrogens is 503 g/mol. The fourth-order valence-electron chi connectivity index (χ4n) is 4.16. The highest BCUT2D eigenvalue weighted by Crippen LogP contribution is 2.45. The summed E-state index contributed by atoms with van der Waals surface area (Å²) in [6, 6.07) is 9.82. The Morgan fingerprint density at radius 3 is 2.05 bits per heavy atom. The first-order valence-corrected chi connectivity index (χ1v) is 12.9. The summed E-state index contributed by atoms with van der Waals surface area (Å²) in [6.07, 6.45) is 4.18.